The molecule has 72 valence electrons. The molecule has 0 aromatic heterocycles. The predicted molar refractivity (Wildman–Crippen MR) is 49.8 cm³/mol. The van der Waals surface area contributed by atoms with Crippen LogP contribution in [0.2, 0.25) is 0 Å². The van der Waals surface area contributed by atoms with E-state index in [1.807, 2.05) is 17.9 Å². The van der Waals surface area contributed by atoms with E-state index in [1.165, 1.54) is 0 Å². The van der Waals surface area contributed by atoms with Crippen LogP contribution in [0.15, 0.2) is 0 Å². The molecule has 1 saturated heterocycles. The summed E-state index contributed by atoms with van der Waals surface area (Å²) in [5, 5.41) is 8.81. The van der Waals surface area contributed by atoms with E-state index in [0.29, 0.717) is 6.04 Å². The van der Waals surface area contributed by atoms with Gasteiger partial charge in [0.25, 0.3) is 0 Å². The molecule has 0 saturated carbocycles. The molecular weight excluding hydrogens is 164 g/mol. The summed E-state index contributed by atoms with van der Waals surface area (Å²) in [7, 11) is 0. The van der Waals surface area contributed by atoms with E-state index in [9.17, 15) is 4.79 Å². The van der Waals surface area contributed by atoms with Crippen molar-refractivity contribution in [3.8, 4) is 6.07 Å². The number of amides is 1. The summed E-state index contributed by atoms with van der Waals surface area (Å²) in [5.74, 6) is -0.0278. The highest BCUT2D eigenvalue weighted by molar-refractivity contribution is 5.85. The van der Waals surface area contributed by atoms with Crippen molar-refractivity contribution in [3.05, 3.63) is 0 Å². The van der Waals surface area contributed by atoms with Crippen molar-refractivity contribution in [2.24, 2.45) is 5.41 Å². The van der Waals surface area contributed by atoms with Crippen LogP contribution in [0.5, 0.6) is 0 Å². The molecule has 1 heterocycles. The van der Waals surface area contributed by atoms with E-state index in [1.54, 1.807) is 13.8 Å². The second kappa shape index (κ2) is 3.37. The van der Waals surface area contributed by atoms with Crippen LogP contribution in [0.25, 0.3) is 0 Å². The van der Waals surface area contributed by atoms with Gasteiger partial charge in [-0.2, -0.15) is 5.26 Å². The largest absolute Gasteiger partial charge is 0.339 e. The Bertz CT molecular complexity index is 252. The molecular formula is C10H16N2O. The molecule has 1 rings (SSSR count). The van der Waals surface area contributed by atoms with E-state index in [2.05, 4.69) is 0 Å². The first kappa shape index (κ1) is 10.0. The highest BCUT2D eigenvalue weighted by Crippen LogP contribution is 2.24. The fraction of sp³-hybridized carbons (Fsp3) is 0.800. The lowest BCUT2D eigenvalue weighted by atomic mass is 9.93. The Labute approximate surface area is 79.3 Å². The zero-order chi connectivity index (χ0) is 10.1. The van der Waals surface area contributed by atoms with Gasteiger partial charge in [0, 0.05) is 12.6 Å². The van der Waals surface area contributed by atoms with Crippen LogP contribution in [0, 0.1) is 16.7 Å². The molecule has 0 aromatic rings. The van der Waals surface area contributed by atoms with Gasteiger partial charge in [-0.1, -0.05) is 0 Å². The van der Waals surface area contributed by atoms with Gasteiger partial charge in [-0.05, 0) is 33.6 Å². The standard InChI is InChI=1S/C10H16N2O/c1-8-5-4-6-12(8)9(13)10(2,3)7-11/h8H,4-6H2,1-3H3. The third-order valence-corrected chi connectivity index (χ3v) is 2.63. The first-order valence-corrected chi connectivity index (χ1v) is 4.71. The fourth-order valence-corrected chi connectivity index (χ4v) is 1.64. The van der Waals surface area contributed by atoms with Crippen molar-refractivity contribution >= 4 is 5.91 Å². The average molecular weight is 180 g/mol. The highest BCUT2D eigenvalue weighted by atomic mass is 16.2. The number of nitrogens with zero attached hydrogens (tertiary/aromatic N) is 2. The minimum absolute atomic E-state index is 0.0278. The lowest BCUT2D eigenvalue weighted by Gasteiger charge is -2.27. The molecule has 3 heteroatoms. The quantitative estimate of drug-likeness (QED) is 0.614. The summed E-state index contributed by atoms with van der Waals surface area (Å²) in [6, 6.07) is 2.35. The number of carbonyl (C=O) groups excluding carboxylic acids is 1. The molecule has 3 nitrogen and oxygen atoms in total. The topological polar surface area (TPSA) is 44.1 Å². The van der Waals surface area contributed by atoms with Gasteiger partial charge in [0.05, 0.1) is 6.07 Å². The zero-order valence-electron chi connectivity index (χ0n) is 8.50. The van der Waals surface area contributed by atoms with Crippen LogP contribution < -0.4 is 0 Å². The number of rotatable bonds is 1. The Hall–Kier alpha value is -1.04. The monoisotopic (exact) mass is 180 g/mol. The second-order valence-corrected chi connectivity index (χ2v) is 4.23. The van der Waals surface area contributed by atoms with E-state index >= 15 is 0 Å². The number of likely N-dealkylation sites (tertiary alicyclic amines) is 1. The van der Waals surface area contributed by atoms with Crippen LogP contribution >= 0.6 is 0 Å². The molecule has 1 unspecified atom stereocenters. The van der Waals surface area contributed by atoms with Gasteiger partial charge in [-0.15, -0.1) is 0 Å². The predicted octanol–water partition coefficient (Wildman–Crippen LogP) is 1.55. The fourth-order valence-electron chi connectivity index (χ4n) is 1.64. The molecule has 0 aliphatic carbocycles. The summed E-state index contributed by atoms with van der Waals surface area (Å²) in [6.45, 7) is 6.21. The van der Waals surface area contributed by atoms with Crippen molar-refractivity contribution in [2.75, 3.05) is 6.54 Å². The SMILES string of the molecule is CC1CCCN1C(=O)C(C)(C)C#N. The number of carbonyl (C=O) groups is 1. The molecule has 13 heavy (non-hydrogen) atoms. The van der Waals surface area contributed by atoms with Crippen molar-refractivity contribution in [2.45, 2.75) is 39.7 Å². The molecule has 0 aromatic carbocycles. The second-order valence-electron chi connectivity index (χ2n) is 4.23. The maximum Gasteiger partial charge on any atom is 0.242 e. The van der Waals surface area contributed by atoms with E-state index in [0.717, 1.165) is 19.4 Å². The maximum absolute atomic E-state index is 11.8. The Kier molecular flexibility index (Phi) is 2.60. The molecule has 0 bridgehead atoms. The summed E-state index contributed by atoms with van der Waals surface area (Å²) >= 11 is 0. The van der Waals surface area contributed by atoms with E-state index in [-0.39, 0.29) is 5.91 Å². The van der Waals surface area contributed by atoms with Crippen molar-refractivity contribution in [1.29, 1.82) is 5.26 Å². The van der Waals surface area contributed by atoms with E-state index < -0.39 is 5.41 Å². The van der Waals surface area contributed by atoms with Crippen molar-refractivity contribution in [3.63, 3.8) is 0 Å². The van der Waals surface area contributed by atoms with Crippen LogP contribution in [-0.4, -0.2) is 23.4 Å². The van der Waals surface area contributed by atoms with Crippen LogP contribution in [0.1, 0.15) is 33.6 Å². The van der Waals surface area contributed by atoms with E-state index in [4.69, 9.17) is 5.26 Å². The molecule has 0 N–H and O–H groups in total. The molecule has 1 atom stereocenters. The minimum atomic E-state index is -0.862. The number of hydrogen-bond donors (Lipinski definition) is 0. The molecule has 0 radical (unpaired) electrons. The zero-order valence-corrected chi connectivity index (χ0v) is 8.50. The van der Waals surface area contributed by atoms with Gasteiger partial charge >= 0.3 is 0 Å². The summed E-state index contributed by atoms with van der Waals surface area (Å²) < 4.78 is 0. The molecule has 1 aliphatic heterocycles. The van der Waals surface area contributed by atoms with Crippen LogP contribution in [0.4, 0.5) is 0 Å². The Balaban J connectivity index is 2.74. The Morgan fingerprint density at radius 2 is 2.23 bits per heavy atom. The lowest BCUT2D eigenvalue weighted by molar-refractivity contribution is -0.138. The summed E-state index contributed by atoms with van der Waals surface area (Å²) in [5.41, 5.74) is -0.862. The summed E-state index contributed by atoms with van der Waals surface area (Å²) in [6.07, 6.45) is 2.13. The Morgan fingerprint density at radius 3 is 2.62 bits per heavy atom. The van der Waals surface area contributed by atoms with Gasteiger partial charge in [-0.25, -0.2) is 0 Å². The van der Waals surface area contributed by atoms with Gasteiger partial charge < -0.3 is 4.90 Å². The molecule has 0 spiro atoms. The number of nitriles is 1. The summed E-state index contributed by atoms with van der Waals surface area (Å²) in [4.78, 5) is 13.6. The average Bonchev–Trinajstić information content (AvgIpc) is 2.50. The number of hydrogen-bond acceptors (Lipinski definition) is 2. The van der Waals surface area contributed by atoms with Crippen LogP contribution in [0.3, 0.4) is 0 Å². The van der Waals surface area contributed by atoms with Crippen molar-refractivity contribution < 1.29 is 4.79 Å². The third kappa shape index (κ3) is 1.82. The Morgan fingerprint density at radius 1 is 1.62 bits per heavy atom. The molecule has 1 amide bonds. The normalized spacial score (nSPS) is 22.9. The van der Waals surface area contributed by atoms with Gasteiger partial charge in [0.2, 0.25) is 5.91 Å². The first-order chi connectivity index (χ1) is 5.99. The first-order valence-electron chi connectivity index (χ1n) is 4.71. The molecule has 1 fully saturated rings. The molecule has 1 aliphatic rings. The maximum atomic E-state index is 11.8. The third-order valence-electron chi connectivity index (χ3n) is 2.63. The lowest BCUT2D eigenvalue weighted by Crippen LogP contribution is -2.41. The van der Waals surface area contributed by atoms with Gasteiger partial charge in [0.1, 0.15) is 5.41 Å². The smallest absolute Gasteiger partial charge is 0.242 e. The van der Waals surface area contributed by atoms with Gasteiger partial charge in [-0.3, -0.25) is 4.79 Å². The minimum Gasteiger partial charge on any atom is -0.339 e. The van der Waals surface area contributed by atoms with Crippen molar-refractivity contribution in [1.82, 2.24) is 4.90 Å². The highest BCUT2D eigenvalue weighted by Gasteiger charge is 2.36. The van der Waals surface area contributed by atoms with Gasteiger partial charge in [0.15, 0.2) is 0 Å². The van der Waals surface area contributed by atoms with Crippen LogP contribution in [-0.2, 0) is 4.79 Å².